The monoisotopic (exact) mass is 278 g/mol. The van der Waals surface area contributed by atoms with Gasteiger partial charge in [0.15, 0.2) is 5.16 Å². The molecule has 1 heterocycles. The fourth-order valence-electron chi connectivity index (χ4n) is 1.43. The van der Waals surface area contributed by atoms with E-state index in [-0.39, 0.29) is 5.82 Å². The van der Waals surface area contributed by atoms with Gasteiger partial charge >= 0.3 is 5.97 Å². The maximum Gasteiger partial charge on any atom is 0.328 e. The summed E-state index contributed by atoms with van der Waals surface area (Å²) in [6.45, 7) is 0. The Morgan fingerprint density at radius 3 is 3.00 bits per heavy atom. The van der Waals surface area contributed by atoms with E-state index in [1.165, 1.54) is 23.9 Å². The second-order valence-electron chi connectivity index (χ2n) is 3.71. The third kappa shape index (κ3) is 3.96. The Hall–Kier alpha value is -2.08. The van der Waals surface area contributed by atoms with Crippen molar-refractivity contribution in [2.45, 2.75) is 10.9 Å². The van der Waals surface area contributed by atoms with Gasteiger partial charge in [-0.15, -0.1) is 0 Å². The van der Waals surface area contributed by atoms with Crippen LogP contribution in [0.25, 0.3) is 6.08 Å². The Labute approximate surface area is 113 Å². The maximum atomic E-state index is 13.8. The zero-order valence-electron chi connectivity index (χ0n) is 9.84. The summed E-state index contributed by atoms with van der Waals surface area (Å²) in [5.41, 5.74) is 1.07. The summed E-state index contributed by atoms with van der Waals surface area (Å²) in [7, 11) is 0. The molecule has 0 amide bonds. The zero-order valence-corrected chi connectivity index (χ0v) is 10.7. The topological polar surface area (TPSA) is 66.0 Å². The molecule has 19 heavy (non-hydrogen) atoms. The summed E-state index contributed by atoms with van der Waals surface area (Å²) in [6, 6.07) is 4.64. The average molecular weight is 278 g/mol. The van der Waals surface area contributed by atoms with Crippen molar-refractivity contribution >= 4 is 23.8 Å². The van der Waals surface area contributed by atoms with Crippen LogP contribution in [-0.4, -0.2) is 21.0 Å². The van der Waals surface area contributed by atoms with Gasteiger partial charge in [-0.1, -0.05) is 23.9 Å². The number of halogens is 1. The summed E-state index contributed by atoms with van der Waals surface area (Å²) in [4.78, 5) is 17.3. The molecule has 6 heteroatoms. The van der Waals surface area contributed by atoms with E-state index in [0.717, 1.165) is 11.2 Å². The lowest BCUT2D eigenvalue weighted by Crippen LogP contribution is -1.90. The zero-order chi connectivity index (χ0) is 13.7. The number of hydrogen-bond acceptors (Lipinski definition) is 3. The minimum atomic E-state index is -1.06. The third-order valence-corrected chi connectivity index (χ3v) is 3.29. The molecule has 4 nitrogen and oxygen atoms in total. The van der Waals surface area contributed by atoms with Crippen LogP contribution in [0.4, 0.5) is 4.39 Å². The van der Waals surface area contributed by atoms with Crippen LogP contribution in [0.5, 0.6) is 0 Å². The number of benzene rings is 1. The number of H-pyrrole nitrogens is 1. The molecule has 2 N–H and O–H groups in total. The van der Waals surface area contributed by atoms with E-state index < -0.39 is 5.97 Å². The largest absolute Gasteiger partial charge is 0.478 e. The number of aliphatic carboxylic acids is 1. The lowest BCUT2D eigenvalue weighted by atomic mass is 10.1. The number of carboxylic acid groups (broad SMARTS) is 1. The molecule has 0 saturated carbocycles. The number of thioether (sulfide) groups is 1. The molecule has 0 fully saturated rings. The number of nitrogens with one attached hydrogen (secondary N) is 1. The predicted molar refractivity (Wildman–Crippen MR) is 71.2 cm³/mol. The summed E-state index contributed by atoms with van der Waals surface area (Å²) in [5, 5.41) is 9.23. The van der Waals surface area contributed by atoms with Crippen LogP contribution >= 0.6 is 11.8 Å². The summed E-state index contributed by atoms with van der Waals surface area (Å²) in [5.74, 6) is -0.952. The Balaban J connectivity index is 2.04. The van der Waals surface area contributed by atoms with Crippen molar-refractivity contribution in [3.63, 3.8) is 0 Å². The highest BCUT2D eigenvalue weighted by Crippen LogP contribution is 2.21. The predicted octanol–water partition coefficient (Wildman–Crippen LogP) is 2.94. The first-order valence-electron chi connectivity index (χ1n) is 5.47. The van der Waals surface area contributed by atoms with E-state index >= 15 is 0 Å². The number of imidazole rings is 1. The quantitative estimate of drug-likeness (QED) is 0.652. The molecule has 2 rings (SSSR count). The minimum Gasteiger partial charge on any atom is -0.478 e. The van der Waals surface area contributed by atoms with Crippen molar-refractivity contribution in [3.05, 3.63) is 53.6 Å². The molecule has 2 aromatic rings. The molecule has 0 spiro atoms. The Bertz CT molecular complexity index is 597. The highest BCUT2D eigenvalue weighted by molar-refractivity contribution is 7.98. The molecule has 0 aliphatic carbocycles. The fourth-order valence-corrected chi connectivity index (χ4v) is 2.24. The van der Waals surface area contributed by atoms with Gasteiger partial charge < -0.3 is 10.1 Å². The second kappa shape index (κ2) is 6.19. The van der Waals surface area contributed by atoms with Gasteiger partial charge in [0.1, 0.15) is 5.82 Å². The Morgan fingerprint density at radius 2 is 2.37 bits per heavy atom. The third-order valence-electron chi connectivity index (χ3n) is 2.33. The molecule has 1 aromatic heterocycles. The molecule has 0 atom stereocenters. The summed E-state index contributed by atoms with van der Waals surface area (Å²) in [6.07, 6.45) is 5.68. The van der Waals surface area contributed by atoms with E-state index in [1.54, 1.807) is 24.5 Å². The van der Waals surface area contributed by atoms with Crippen LogP contribution in [0.2, 0.25) is 0 Å². The first kappa shape index (κ1) is 13.4. The highest BCUT2D eigenvalue weighted by Gasteiger charge is 2.04. The van der Waals surface area contributed by atoms with Gasteiger partial charge in [0, 0.05) is 24.2 Å². The molecule has 0 saturated heterocycles. The van der Waals surface area contributed by atoms with Gasteiger partial charge in [-0.3, -0.25) is 0 Å². The Kier molecular flexibility index (Phi) is 4.35. The van der Waals surface area contributed by atoms with Gasteiger partial charge in [0.2, 0.25) is 0 Å². The number of carboxylic acids is 1. The molecular formula is C13H11FN2O2S. The van der Waals surface area contributed by atoms with Crippen molar-refractivity contribution < 1.29 is 14.3 Å². The van der Waals surface area contributed by atoms with Crippen molar-refractivity contribution in [1.29, 1.82) is 0 Å². The molecule has 0 aliphatic heterocycles. The number of aromatic amines is 1. The molecule has 98 valence electrons. The maximum absolute atomic E-state index is 13.8. The standard InChI is InChI=1S/C13H11FN2O2S/c14-11-7-9(2-4-12(17)18)1-3-10(11)8-19-13-15-5-6-16-13/h1-7H,8H2,(H,15,16)(H,17,18)/b4-2+. The van der Waals surface area contributed by atoms with Crippen molar-refractivity contribution in [3.8, 4) is 0 Å². The molecular weight excluding hydrogens is 267 g/mol. The van der Waals surface area contributed by atoms with E-state index in [2.05, 4.69) is 9.97 Å². The number of hydrogen-bond donors (Lipinski definition) is 2. The molecule has 1 aromatic carbocycles. The number of nitrogens with zero attached hydrogens (tertiary/aromatic N) is 1. The normalized spacial score (nSPS) is 11.0. The average Bonchev–Trinajstić information content (AvgIpc) is 2.88. The minimum absolute atomic E-state index is 0.355. The number of carbonyl (C=O) groups is 1. The van der Waals surface area contributed by atoms with Gasteiger partial charge in [-0.25, -0.2) is 14.2 Å². The van der Waals surface area contributed by atoms with E-state index in [4.69, 9.17) is 5.11 Å². The first-order chi connectivity index (χ1) is 9.15. The molecule has 0 bridgehead atoms. The summed E-state index contributed by atoms with van der Waals surface area (Å²) >= 11 is 1.40. The van der Waals surface area contributed by atoms with Crippen molar-refractivity contribution in [1.82, 2.24) is 9.97 Å². The summed E-state index contributed by atoms with van der Waals surface area (Å²) < 4.78 is 13.8. The first-order valence-corrected chi connectivity index (χ1v) is 6.45. The van der Waals surface area contributed by atoms with Gasteiger partial charge in [0.05, 0.1) is 0 Å². The molecule has 0 unspecified atom stereocenters. The van der Waals surface area contributed by atoms with E-state index in [9.17, 15) is 9.18 Å². The molecule has 0 radical (unpaired) electrons. The number of rotatable bonds is 5. The highest BCUT2D eigenvalue weighted by atomic mass is 32.2. The van der Waals surface area contributed by atoms with Gasteiger partial charge in [-0.2, -0.15) is 0 Å². The van der Waals surface area contributed by atoms with Crippen LogP contribution < -0.4 is 0 Å². The number of aromatic nitrogens is 2. The lowest BCUT2D eigenvalue weighted by Gasteiger charge is -2.02. The van der Waals surface area contributed by atoms with Gasteiger partial charge in [0.25, 0.3) is 0 Å². The van der Waals surface area contributed by atoms with E-state index in [0.29, 0.717) is 16.9 Å². The van der Waals surface area contributed by atoms with Gasteiger partial charge in [-0.05, 0) is 23.3 Å². The van der Waals surface area contributed by atoms with Crippen LogP contribution in [0.1, 0.15) is 11.1 Å². The fraction of sp³-hybridized carbons (Fsp3) is 0.0769. The lowest BCUT2D eigenvalue weighted by molar-refractivity contribution is -0.131. The van der Waals surface area contributed by atoms with Crippen LogP contribution in [-0.2, 0) is 10.5 Å². The van der Waals surface area contributed by atoms with Crippen LogP contribution in [0.3, 0.4) is 0 Å². The SMILES string of the molecule is O=C(O)/C=C/c1ccc(CSc2ncc[nH]2)c(F)c1. The van der Waals surface area contributed by atoms with E-state index in [1.807, 2.05) is 0 Å². The molecule has 0 aliphatic rings. The Morgan fingerprint density at radius 1 is 1.53 bits per heavy atom. The smallest absolute Gasteiger partial charge is 0.328 e. The van der Waals surface area contributed by atoms with Crippen molar-refractivity contribution in [2.24, 2.45) is 0 Å². The van der Waals surface area contributed by atoms with Crippen LogP contribution in [0, 0.1) is 5.82 Å². The van der Waals surface area contributed by atoms with Crippen LogP contribution in [0.15, 0.2) is 41.8 Å². The second-order valence-corrected chi connectivity index (χ2v) is 4.67. The van der Waals surface area contributed by atoms with Crippen molar-refractivity contribution in [2.75, 3.05) is 0 Å².